The number of aromatic amines is 1. The summed E-state index contributed by atoms with van der Waals surface area (Å²) in [4.78, 5) is 14.9. The molecule has 1 aromatic heterocycles. The van der Waals surface area contributed by atoms with E-state index in [0.717, 1.165) is 17.8 Å². The Balaban J connectivity index is 1.67. The summed E-state index contributed by atoms with van der Waals surface area (Å²) >= 11 is 0. The maximum absolute atomic E-state index is 11.5. The van der Waals surface area contributed by atoms with Gasteiger partial charge in [0.05, 0.1) is 12.3 Å². The lowest BCUT2D eigenvalue weighted by atomic mass is 10.1. The Morgan fingerprint density at radius 3 is 2.35 bits per heavy atom. The quantitative estimate of drug-likeness (QED) is 0.459. The summed E-state index contributed by atoms with van der Waals surface area (Å²) in [5.74, 6) is 0.494. The number of aryl methyl sites for hydroxylation is 1. The monoisotopic (exact) mass is 358 g/mol. The number of aromatic nitrogens is 1. The fourth-order valence-electron chi connectivity index (χ4n) is 3.28. The summed E-state index contributed by atoms with van der Waals surface area (Å²) in [6, 6.07) is 4.20. The summed E-state index contributed by atoms with van der Waals surface area (Å²) in [6.45, 7) is 4.73. The number of rotatable bonds is 13. The number of ether oxygens (including phenoxy) is 1. The number of H-pyrrole nitrogens is 1. The van der Waals surface area contributed by atoms with Crippen LogP contribution in [-0.2, 0) is 16.0 Å². The van der Waals surface area contributed by atoms with Crippen LogP contribution in [-0.4, -0.2) is 17.5 Å². The SMILES string of the molecule is CCCCCCCCCCCc1ccc(/C=C2\NC(=O)C=C2OCC)[nH]1. The van der Waals surface area contributed by atoms with Gasteiger partial charge in [-0.1, -0.05) is 58.3 Å². The zero-order chi connectivity index (χ0) is 18.6. The minimum absolute atomic E-state index is 0.124. The van der Waals surface area contributed by atoms with Crippen LogP contribution in [0, 0.1) is 0 Å². The molecular weight excluding hydrogens is 324 g/mol. The molecule has 0 radical (unpaired) electrons. The normalized spacial score (nSPS) is 15.4. The predicted molar refractivity (Wildman–Crippen MR) is 108 cm³/mol. The molecule has 4 heteroatoms. The van der Waals surface area contributed by atoms with Gasteiger partial charge < -0.3 is 15.0 Å². The van der Waals surface area contributed by atoms with Crippen LogP contribution < -0.4 is 5.32 Å². The van der Waals surface area contributed by atoms with Gasteiger partial charge in [-0.25, -0.2) is 0 Å². The van der Waals surface area contributed by atoms with Crippen molar-refractivity contribution in [2.24, 2.45) is 0 Å². The van der Waals surface area contributed by atoms with Crippen molar-refractivity contribution < 1.29 is 9.53 Å². The number of carbonyl (C=O) groups excluding carboxylic acids is 1. The molecule has 4 nitrogen and oxygen atoms in total. The second kappa shape index (κ2) is 11.6. The van der Waals surface area contributed by atoms with Gasteiger partial charge in [0.25, 0.3) is 5.91 Å². The van der Waals surface area contributed by atoms with Gasteiger partial charge in [0.2, 0.25) is 0 Å². The lowest BCUT2D eigenvalue weighted by Crippen LogP contribution is -2.13. The van der Waals surface area contributed by atoms with Gasteiger partial charge in [0, 0.05) is 17.5 Å². The zero-order valence-corrected chi connectivity index (χ0v) is 16.4. The lowest BCUT2D eigenvalue weighted by molar-refractivity contribution is -0.115. The average Bonchev–Trinajstić information content (AvgIpc) is 3.20. The van der Waals surface area contributed by atoms with Crippen molar-refractivity contribution in [3.63, 3.8) is 0 Å². The first-order chi connectivity index (χ1) is 12.7. The van der Waals surface area contributed by atoms with Gasteiger partial charge in [0.1, 0.15) is 5.76 Å². The molecule has 0 saturated heterocycles. The predicted octanol–water partition coefficient (Wildman–Crippen LogP) is 5.48. The molecule has 1 aliphatic rings. The van der Waals surface area contributed by atoms with Crippen LogP contribution in [0.1, 0.15) is 83.0 Å². The molecule has 2 heterocycles. The fourth-order valence-corrected chi connectivity index (χ4v) is 3.28. The number of unbranched alkanes of at least 4 members (excludes halogenated alkanes) is 8. The Bertz CT molecular complexity index is 613. The summed E-state index contributed by atoms with van der Waals surface area (Å²) < 4.78 is 5.49. The first-order valence-electron chi connectivity index (χ1n) is 10.3. The summed E-state index contributed by atoms with van der Waals surface area (Å²) in [5, 5.41) is 2.82. The molecule has 1 amide bonds. The molecule has 0 saturated carbocycles. The molecule has 2 N–H and O–H groups in total. The maximum Gasteiger partial charge on any atom is 0.252 e. The fraction of sp³-hybridized carbons (Fsp3) is 0.591. The van der Waals surface area contributed by atoms with E-state index in [1.54, 1.807) is 0 Å². The van der Waals surface area contributed by atoms with Gasteiger partial charge in [0.15, 0.2) is 0 Å². The average molecular weight is 359 g/mol. The summed E-state index contributed by atoms with van der Waals surface area (Å²) in [5.41, 5.74) is 2.98. The molecule has 0 spiro atoms. The highest BCUT2D eigenvalue weighted by Gasteiger charge is 2.18. The second-order valence-corrected chi connectivity index (χ2v) is 7.01. The highest BCUT2D eigenvalue weighted by atomic mass is 16.5. The van der Waals surface area contributed by atoms with Crippen LogP contribution in [0.5, 0.6) is 0 Å². The van der Waals surface area contributed by atoms with E-state index >= 15 is 0 Å². The molecule has 1 aromatic rings. The highest BCUT2D eigenvalue weighted by Crippen LogP contribution is 2.19. The van der Waals surface area contributed by atoms with Crippen molar-refractivity contribution in [3.8, 4) is 0 Å². The molecule has 26 heavy (non-hydrogen) atoms. The van der Waals surface area contributed by atoms with E-state index in [4.69, 9.17) is 4.74 Å². The third-order valence-electron chi connectivity index (χ3n) is 4.70. The maximum atomic E-state index is 11.5. The Kier molecular flexibility index (Phi) is 9.08. The molecule has 0 unspecified atom stereocenters. The van der Waals surface area contributed by atoms with Crippen molar-refractivity contribution in [1.82, 2.24) is 10.3 Å². The molecular formula is C22H34N2O2. The molecule has 0 fully saturated rings. The molecule has 0 bridgehead atoms. The number of carbonyl (C=O) groups is 1. The van der Waals surface area contributed by atoms with Crippen molar-refractivity contribution in [2.75, 3.05) is 6.61 Å². The molecule has 2 rings (SSSR count). The molecule has 1 aliphatic heterocycles. The van der Waals surface area contributed by atoms with E-state index in [9.17, 15) is 4.79 Å². The number of hydrogen-bond donors (Lipinski definition) is 2. The summed E-state index contributed by atoms with van der Waals surface area (Å²) in [6.07, 6.45) is 16.7. The van der Waals surface area contributed by atoms with Crippen LogP contribution in [0.2, 0.25) is 0 Å². The van der Waals surface area contributed by atoms with Crippen LogP contribution in [0.3, 0.4) is 0 Å². The minimum atomic E-state index is -0.124. The van der Waals surface area contributed by atoms with E-state index in [1.807, 2.05) is 13.0 Å². The Labute approximate surface area is 158 Å². The van der Waals surface area contributed by atoms with Crippen molar-refractivity contribution >= 4 is 12.0 Å². The van der Waals surface area contributed by atoms with Gasteiger partial charge in [-0.2, -0.15) is 0 Å². The van der Waals surface area contributed by atoms with E-state index in [0.29, 0.717) is 12.4 Å². The van der Waals surface area contributed by atoms with E-state index < -0.39 is 0 Å². The Morgan fingerprint density at radius 1 is 0.962 bits per heavy atom. The van der Waals surface area contributed by atoms with Gasteiger partial charge in [-0.3, -0.25) is 4.79 Å². The molecule has 144 valence electrons. The van der Waals surface area contributed by atoms with Gasteiger partial charge in [-0.05, 0) is 38.0 Å². The highest BCUT2D eigenvalue weighted by molar-refractivity contribution is 5.95. The number of amides is 1. The van der Waals surface area contributed by atoms with Crippen molar-refractivity contribution in [2.45, 2.75) is 78.1 Å². The zero-order valence-electron chi connectivity index (χ0n) is 16.4. The van der Waals surface area contributed by atoms with E-state index in [-0.39, 0.29) is 5.91 Å². The first kappa shape index (κ1) is 20.3. The Morgan fingerprint density at radius 2 is 1.65 bits per heavy atom. The second-order valence-electron chi connectivity index (χ2n) is 7.01. The van der Waals surface area contributed by atoms with Crippen molar-refractivity contribution in [1.29, 1.82) is 0 Å². The number of hydrogen-bond acceptors (Lipinski definition) is 2. The first-order valence-corrected chi connectivity index (χ1v) is 10.3. The lowest BCUT2D eigenvalue weighted by Gasteiger charge is -2.05. The van der Waals surface area contributed by atoms with E-state index in [1.165, 1.54) is 69.6 Å². The van der Waals surface area contributed by atoms with Crippen LogP contribution in [0.25, 0.3) is 6.08 Å². The molecule has 0 aromatic carbocycles. The van der Waals surface area contributed by atoms with Gasteiger partial charge in [-0.15, -0.1) is 0 Å². The topological polar surface area (TPSA) is 54.1 Å². The minimum Gasteiger partial charge on any atom is -0.491 e. The molecule has 0 atom stereocenters. The third kappa shape index (κ3) is 7.11. The van der Waals surface area contributed by atoms with Crippen LogP contribution >= 0.6 is 0 Å². The van der Waals surface area contributed by atoms with Crippen LogP contribution in [0.4, 0.5) is 0 Å². The Hall–Kier alpha value is -1.97. The van der Waals surface area contributed by atoms with Gasteiger partial charge >= 0.3 is 0 Å². The largest absolute Gasteiger partial charge is 0.491 e. The summed E-state index contributed by atoms with van der Waals surface area (Å²) in [7, 11) is 0. The third-order valence-corrected chi connectivity index (χ3v) is 4.70. The van der Waals surface area contributed by atoms with Crippen LogP contribution in [0.15, 0.2) is 29.7 Å². The smallest absolute Gasteiger partial charge is 0.252 e. The van der Waals surface area contributed by atoms with E-state index in [2.05, 4.69) is 29.4 Å². The standard InChI is InChI=1S/C22H34N2O2/c1-3-5-6-7-8-9-10-11-12-13-18-14-15-19(23-18)16-20-21(26-4-2)17-22(25)24-20/h14-17,23H,3-13H2,1-2H3,(H,24,25)/b20-16-. The van der Waals surface area contributed by atoms with Crippen molar-refractivity contribution in [3.05, 3.63) is 41.1 Å². The molecule has 0 aliphatic carbocycles. The number of nitrogens with one attached hydrogen (secondary N) is 2.